The van der Waals surface area contributed by atoms with Crippen molar-refractivity contribution in [2.75, 3.05) is 11.5 Å². The molecule has 2 aromatic rings. The van der Waals surface area contributed by atoms with Gasteiger partial charge in [-0.1, -0.05) is 0 Å². The third-order valence-electron chi connectivity index (χ3n) is 2.93. The van der Waals surface area contributed by atoms with E-state index in [0.29, 0.717) is 0 Å². The highest BCUT2D eigenvalue weighted by Crippen LogP contribution is 2.34. The number of nitrogens with zero attached hydrogens (tertiary/aromatic N) is 4. The fourth-order valence-electron chi connectivity index (χ4n) is 2.07. The second kappa shape index (κ2) is 4.11. The Labute approximate surface area is 105 Å². The maximum Gasteiger partial charge on any atom is 0.435 e. The van der Waals surface area contributed by atoms with E-state index in [1.54, 1.807) is 16.3 Å². The molecule has 4 nitrogen and oxygen atoms in total. The molecule has 96 valence electrons. The van der Waals surface area contributed by atoms with Crippen LogP contribution in [0.3, 0.4) is 0 Å². The summed E-state index contributed by atoms with van der Waals surface area (Å²) in [6, 6.07) is 0.177. The first-order chi connectivity index (χ1) is 8.57. The van der Waals surface area contributed by atoms with Gasteiger partial charge in [-0.05, 0) is 12.2 Å². The molecular formula is C10H9F3N4S. The molecule has 0 bridgehead atoms. The smallest absolute Gasteiger partial charge is 0.311 e. The number of thioether (sulfide) groups is 1. The Balaban J connectivity index is 2.14. The maximum atomic E-state index is 12.8. The molecule has 3 heterocycles. The van der Waals surface area contributed by atoms with E-state index in [4.69, 9.17) is 0 Å². The van der Waals surface area contributed by atoms with Gasteiger partial charge in [0, 0.05) is 11.8 Å². The zero-order valence-corrected chi connectivity index (χ0v) is 10.0. The van der Waals surface area contributed by atoms with E-state index >= 15 is 0 Å². The summed E-state index contributed by atoms with van der Waals surface area (Å²) in [5.74, 6) is 1.90. The lowest BCUT2D eigenvalue weighted by atomic mass is 10.2. The molecule has 1 saturated heterocycles. The fraction of sp³-hybridized carbons (Fsp3) is 0.500. The Hall–Kier alpha value is -1.31. The summed E-state index contributed by atoms with van der Waals surface area (Å²) in [6.07, 6.45) is -1.18. The summed E-state index contributed by atoms with van der Waals surface area (Å²) in [5, 5.41) is 0. The summed E-state index contributed by atoms with van der Waals surface area (Å²) < 4.78 is 40.0. The zero-order chi connectivity index (χ0) is 12.8. The van der Waals surface area contributed by atoms with E-state index in [2.05, 4.69) is 15.0 Å². The number of hydrogen-bond donors (Lipinski definition) is 0. The van der Waals surface area contributed by atoms with Crippen LogP contribution in [0, 0.1) is 0 Å². The van der Waals surface area contributed by atoms with Crippen LogP contribution in [0.2, 0.25) is 0 Å². The average molecular weight is 274 g/mol. The summed E-state index contributed by atoms with van der Waals surface area (Å²) in [6.45, 7) is 0. The van der Waals surface area contributed by atoms with Crippen molar-refractivity contribution in [3.05, 3.63) is 18.3 Å². The molecule has 0 N–H and O–H groups in total. The Kier molecular flexibility index (Phi) is 2.69. The highest BCUT2D eigenvalue weighted by molar-refractivity contribution is 7.99. The minimum atomic E-state index is -4.50. The summed E-state index contributed by atoms with van der Waals surface area (Å²) in [4.78, 5) is 11.1. The SMILES string of the molecule is FC(F)(F)c1ncnc2c1ncn2C1CCSC1. The standard InChI is InChI=1S/C10H9F3N4S/c11-10(12,13)8-7-9(15-4-14-8)17(5-16-7)6-1-2-18-3-6/h4-6H,1-3H2. The van der Waals surface area contributed by atoms with E-state index in [9.17, 15) is 13.2 Å². The van der Waals surface area contributed by atoms with Gasteiger partial charge in [-0.15, -0.1) is 0 Å². The number of halogens is 3. The lowest BCUT2D eigenvalue weighted by molar-refractivity contribution is -0.140. The number of aromatic nitrogens is 4. The molecule has 1 aliphatic rings. The minimum Gasteiger partial charge on any atom is -0.311 e. The van der Waals surface area contributed by atoms with Crippen molar-refractivity contribution in [3.63, 3.8) is 0 Å². The van der Waals surface area contributed by atoms with Crippen molar-refractivity contribution in [2.24, 2.45) is 0 Å². The van der Waals surface area contributed by atoms with Gasteiger partial charge in [0.05, 0.1) is 6.33 Å². The Bertz CT molecular complexity index is 574. The summed E-state index contributed by atoms with van der Waals surface area (Å²) in [7, 11) is 0. The average Bonchev–Trinajstić information content (AvgIpc) is 2.95. The van der Waals surface area contributed by atoms with Gasteiger partial charge in [0.15, 0.2) is 11.3 Å². The first-order valence-electron chi connectivity index (χ1n) is 5.40. The van der Waals surface area contributed by atoms with Crippen LogP contribution in [0.5, 0.6) is 0 Å². The van der Waals surface area contributed by atoms with Crippen LogP contribution in [-0.2, 0) is 6.18 Å². The first-order valence-corrected chi connectivity index (χ1v) is 6.55. The molecule has 0 aliphatic carbocycles. The molecule has 1 fully saturated rings. The van der Waals surface area contributed by atoms with Gasteiger partial charge in [-0.25, -0.2) is 15.0 Å². The number of imidazole rings is 1. The molecule has 0 saturated carbocycles. The molecule has 0 radical (unpaired) electrons. The molecule has 1 atom stereocenters. The second-order valence-electron chi connectivity index (χ2n) is 4.06. The molecule has 0 spiro atoms. The molecule has 1 aliphatic heterocycles. The van der Waals surface area contributed by atoms with Crippen LogP contribution in [0.1, 0.15) is 18.2 Å². The minimum absolute atomic E-state index is 0.165. The topological polar surface area (TPSA) is 43.6 Å². The third-order valence-corrected chi connectivity index (χ3v) is 4.07. The maximum absolute atomic E-state index is 12.8. The highest BCUT2D eigenvalue weighted by atomic mass is 32.2. The number of rotatable bonds is 1. The Morgan fingerprint density at radius 2 is 2.11 bits per heavy atom. The predicted molar refractivity (Wildman–Crippen MR) is 61.3 cm³/mol. The monoisotopic (exact) mass is 274 g/mol. The quantitative estimate of drug-likeness (QED) is 0.801. The largest absolute Gasteiger partial charge is 0.435 e. The summed E-state index contributed by atoms with van der Waals surface area (Å²) in [5.41, 5.74) is -0.858. The van der Waals surface area contributed by atoms with Gasteiger partial charge in [-0.3, -0.25) is 0 Å². The van der Waals surface area contributed by atoms with Crippen LogP contribution < -0.4 is 0 Å². The van der Waals surface area contributed by atoms with Crippen LogP contribution >= 0.6 is 11.8 Å². The Morgan fingerprint density at radius 1 is 1.28 bits per heavy atom. The van der Waals surface area contributed by atoms with Crippen LogP contribution in [0.4, 0.5) is 13.2 Å². The summed E-state index contributed by atoms with van der Waals surface area (Å²) >= 11 is 1.78. The first kappa shape index (κ1) is 11.8. The van der Waals surface area contributed by atoms with Gasteiger partial charge in [-0.2, -0.15) is 24.9 Å². The van der Waals surface area contributed by atoms with Gasteiger partial charge in [0.25, 0.3) is 0 Å². The van der Waals surface area contributed by atoms with Gasteiger partial charge < -0.3 is 4.57 Å². The molecule has 3 rings (SSSR count). The van der Waals surface area contributed by atoms with Crippen molar-refractivity contribution < 1.29 is 13.2 Å². The van der Waals surface area contributed by atoms with Crippen LogP contribution in [-0.4, -0.2) is 31.0 Å². The molecule has 1 unspecified atom stereocenters. The fourth-order valence-corrected chi connectivity index (χ4v) is 3.27. The van der Waals surface area contributed by atoms with Crippen LogP contribution in [0.15, 0.2) is 12.7 Å². The molecule has 8 heteroatoms. The van der Waals surface area contributed by atoms with E-state index in [0.717, 1.165) is 24.3 Å². The second-order valence-corrected chi connectivity index (χ2v) is 5.21. The van der Waals surface area contributed by atoms with Crippen LogP contribution in [0.25, 0.3) is 11.2 Å². The van der Waals surface area contributed by atoms with Crippen molar-refractivity contribution in [1.29, 1.82) is 0 Å². The van der Waals surface area contributed by atoms with E-state index in [-0.39, 0.29) is 17.2 Å². The normalized spacial score (nSPS) is 20.7. The lowest BCUT2D eigenvalue weighted by Gasteiger charge is -2.11. The number of fused-ring (bicyclic) bond motifs is 1. The van der Waals surface area contributed by atoms with Gasteiger partial charge >= 0.3 is 6.18 Å². The predicted octanol–water partition coefficient (Wildman–Crippen LogP) is 2.52. The van der Waals surface area contributed by atoms with Crippen molar-refractivity contribution >= 4 is 22.9 Å². The van der Waals surface area contributed by atoms with Gasteiger partial charge in [0.1, 0.15) is 11.8 Å². The molecule has 18 heavy (non-hydrogen) atoms. The third kappa shape index (κ3) is 1.84. The molecule has 0 aromatic carbocycles. The van der Waals surface area contributed by atoms with E-state index < -0.39 is 11.9 Å². The van der Waals surface area contributed by atoms with Crippen molar-refractivity contribution in [1.82, 2.24) is 19.5 Å². The number of alkyl halides is 3. The molecule has 0 amide bonds. The number of hydrogen-bond acceptors (Lipinski definition) is 4. The van der Waals surface area contributed by atoms with E-state index in [1.807, 2.05) is 0 Å². The van der Waals surface area contributed by atoms with Crippen molar-refractivity contribution in [2.45, 2.75) is 18.6 Å². The lowest BCUT2D eigenvalue weighted by Crippen LogP contribution is -2.11. The molecular weight excluding hydrogens is 265 g/mol. The van der Waals surface area contributed by atoms with E-state index in [1.165, 1.54) is 6.33 Å². The Morgan fingerprint density at radius 3 is 2.78 bits per heavy atom. The van der Waals surface area contributed by atoms with Gasteiger partial charge in [0.2, 0.25) is 0 Å². The zero-order valence-electron chi connectivity index (χ0n) is 9.18. The molecule has 2 aromatic heterocycles. The van der Waals surface area contributed by atoms with Crippen molar-refractivity contribution in [3.8, 4) is 0 Å². The highest BCUT2D eigenvalue weighted by Gasteiger charge is 2.36.